The van der Waals surface area contributed by atoms with Crippen molar-refractivity contribution in [1.82, 2.24) is 24.9 Å². The van der Waals surface area contributed by atoms with Crippen molar-refractivity contribution in [2.45, 2.75) is 311 Å². The highest BCUT2D eigenvalue weighted by atomic mass is 16.1. The van der Waals surface area contributed by atoms with Crippen LogP contribution in [-0.2, 0) is 4.79 Å². The van der Waals surface area contributed by atoms with E-state index in [9.17, 15) is 4.79 Å². The molecule has 0 atom stereocenters. The SMILES string of the molecule is CCCCCCCCCCN(CCCCCCCCCC)CCN(CCN(CCCCCCCCCC)CCCCCCCCCC)CCN(CCCCCCCCCC)CCC(=O)NCCC. The summed E-state index contributed by atoms with van der Waals surface area (Å²) in [4.78, 5) is 24.2. The second-order valence-corrected chi connectivity index (χ2v) is 21.8. The second-order valence-electron chi connectivity index (χ2n) is 21.8. The van der Waals surface area contributed by atoms with Crippen LogP contribution >= 0.6 is 0 Å². The van der Waals surface area contributed by atoms with E-state index in [0.717, 1.165) is 39.1 Å². The molecule has 6 nitrogen and oxygen atoms in total. The highest BCUT2D eigenvalue weighted by Gasteiger charge is 2.16. The van der Waals surface area contributed by atoms with E-state index in [1.165, 1.54) is 309 Å². The maximum absolute atomic E-state index is 12.9. The van der Waals surface area contributed by atoms with Crippen molar-refractivity contribution in [3.8, 4) is 0 Å². The fourth-order valence-corrected chi connectivity index (χ4v) is 10.1. The predicted molar refractivity (Wildman–Crippen MR) is 307 cm³/mol. The molecule has 6 heteroatoms. The number of nitrogens with one attached hydrogen (secondary N) is 1. The molecule has 0 bridgehead atoms. The average molecular weight is 961 g/mol. The lowest BCUT2D eigenvalue weighted by atomic mass is 10.1. The van der Waals surface area contributed by atoms with E-state index in [4.69, 9.17) is 0 Å². The van der Waals surface area contributed by atoms with Gasteiger partial charge in [0.1, 0.15) is 0 Å². The van der Waals surface area contributed by atoms with Gasteiger partial charge in [-0.05, 0) is 71.2 Å². The van der Waals surface area contributed by atoms with E-state index in [-0.39, 0.29) is 5.91 Å². The Morgan fingerprint density at radius 3 is 0.647 bits per heavy atom. The third-order valence-corrected chi connectivity index (χ3v) is 15.1. The number of carbonyl (C=O) groups is 1. The summed E-state index contributed by atoms with van der Waals surface area (Å²) in [6.45, 7) is 28.7. The Balaban J connectivity index is 5.98. The molecule has 0 aliphatic carbocycles. The lowest BCUT2D eigenvalue weighted by molar-refractivity contribution is -0.121. The minimum absolute atomic E-state index is 0.236. The van der Waals surface area contributed by atoms with Crippen molar-refractivity contribution in [2.24, 2.45) is 0 Å². The molecule has 0 radical (unpaired) electrons. The van der Waals surface area contributed by atoms with E-state index >= 15 is 0 Å². The van der Waals surface area contributed by atoms with Crippen LogP contribution in [0, 0.1) is 0 Å². The number of hydrogen-bond acceptors (Lipinski definition) is 5. The Labute approximate surface area is 430 Å². The maximum atomic E-state index is 12.9. The highest BCUT2D eigenvalue weighted by molar-refractivity contribution is 5.75. The monoisotopic (exact) mass is 960 g/mol. The van der Waals surface area contributed by atoms with Crippen LogP contribution in [0.25, 0.3) is 0 Å². The fourth-order valence-electron chi connectivity index (χ4n) is 10.1. The minimum Gasteiger partial charge on any atom is -0.356 e. The van der Waals surface area contributed by atoms with Crippen LogP contribution in [0.4, 0.5) is 0 Å². The summed E-state index contributed by atoms with van der Waals surface area (Å²) in [6, 6.07) is 0. The molecule has 0 saturated heterocycles. The smallest absolute Gasteiger partial charge is 0.221 e. The molecule has 0 saturated carbocycles. The van der Waals surface area contributed by atoms with Gasteiger partial charge in [0.2, 0.25) is 5.91 Å². The van der Waals surface area contributed by atoms with Gasteiger partial charge in [-0.2, -0.15) is 0 Å². The zero-order valence-electron chi connectivity index (χ0n) is 48.1. The summed E-state index contributed by atoms with van der Waals surface area (Å²) in [5.74, 6) is 0.236. The van der Waals surface area contributed by atoms with Crippen molar-refractivity contribution < 1.29 is 4.79 Å². The van der Waals surface area contributed by atoms with Crippen LogP contribution in [0.5, 0.6) is 0 Å². The summed E-state index contributed by atoms with van der Waals surface area (Å²) in [6.07, 6.45) is 57.3. The lowest BCUT2D eigenvalue weighted by Gasteiger charge is -2.32. The van der Waals surface area contributed by atoms with Crippen LogP contribution in [0.2, 0.25) is 0 Å². The molecule has 0 heterocycles. The molecule has 68 heavy (non-hydrogen) atoms. The van der Waals surface area contributed by atoms with Gasteiger partial charge in [-0.1, -0.05) is 266 Å². The van der Waals surface area contributed by atoms with Gasteiger partial charge < -0.3 is 20.0 Å². The molecule has 0 spiro atoms. The largest absolute Gasteiger partial charge is 0.356 e. The molecule has 1 N–H and O–H groups in total. The normalized spacial score (nSPS) is 12.0. The molecule has 0 rings (SSSR count). The molecule has 408 valence electrons. The van der Waals surface area contributed by atoms with Crippen molar-refractivity contribution in [2.75, 3.05) is 85.1 Å². The second kappa shape index (κ2) is 57.2. The summed E-state index contributed by atoms with van der Waals surface area (Å²) in [7, 11) is 0. The number of amides is 1. The van der Waals surface area contributed by atoms with Crippen molar-refractivity contribution in [3.05, 3.63) is 0 Å². The van der Waals surface area contributed by atoms with Crippen LogP contribution in [-0.4, -0.2) is 111 Å². The summed E-state index contributed by atoms with van der Waals surface area (Å²) >= 11 is 0. The third-order valence-electron chi connectivity index (χ3n) is 15.1. The van der Waals surface area contributed by atoms with E-state index in [1.54, 1.807) is 0 Å². The predicted octanol–water partition coefficient (Wildman–Crippen LogP) is 17.8. The number of carbonyl (C=O) groups excluding carboxylic acids is 1. The van der Waals surface area contributed by atoms with Gasteiger partial charge in [-0.25, -0.2) is 0 Å². The number of unbranched alkanes of at least 4 members (excludes halogenated alkanes) is 35. The molecule has 0 aromatic carbocycles. The topological polar surface area (TPSA) is 42.1 Å². The van der Waals surface area contributed by atoms with Crippen molar-refractivity contribution in [3.63, 3.8) is 0 Å². The van der Waals surface area contributed by atoms with E-state index in [2.05, 4.69) is 66.5 Å². The van der Waals surface area contributed by atoms with E-state index in [0.29, 0.717) is 6.42 Å². The average Bonchev–Trinajstić information content (AvgIpc) is 3.35. The molecule has 0 aliphatic rings. The van der Waals surface area contributed by atoms with Crippen molar-refractivity contribution >= 4 is 5.91 Å². The van der Waals surface area contributed by atoms with Gasteiger partial charge in [0, 0.05) is 58.8 Å². The van der Waals surface area contributed by atoms with Crippen molar-refractivity contribution in [1.29, 1.82) is 0 Å². The van der Waals surface area contributed by atoms with Gasteiger partial charge in [0.15, 0.2) is 0 Å². The zero-order chi connectivity index (χ0) is 49.5. The first-order chi connectivity index (χ1) is 33.5. The molecule has 0 aromatic rings. The van der Waals surface area contributed by atoms with Gasteiger partial charge >= 0.3 is 0 Å². The minimum atomic E-state index is 0.236. The van der Waals surface area contributed by atoms with E-state index in [1.807, 2.05) is 0 Å². The standard InChI is InChI=1S/C62H129N5O/c1-7-13-18-23-28-33-38-43-50-64(51-44-39-34-29-24-19-14-8-2)56-59-67(61-58-66(55-48-62(68)63-49-12-6)54-47-42-37-32-27-22-17-11-5)60-57-65(52-45-40-35-30-25-20-15-9-3)53-46-41-36-31-26-21-16-10-4/h7-61H2,1-6H3,(H,63,68). The number of hydrogen-bond donors (Lipinski definition) is 1. The Morgan fingerprint density at radius 2 is 0.426 bits per heavy atom. The lowest BCUT2D eigenvalue weighted by Crippen LogP contribution is -2.44. The molecule has 0 aliphatic heterocycles. The van der Waals surface area contributed by atoms with Crippen LogP contribution < -0.4 is 5.32 Å². The summed E-state index contributed by atoms with van der Waals surface area (Å²) in [5, 5.41) is 3.17. The van der Waals surface area contributed by atoms with Gasteiger partial charge in [0.05, 0.1) is 0 Å². The Kier molecular flexibility index (Phi) is 56.6. The Morgan fingerprint density at radius 1 is 0.235 bits per heavy atom. The molecule has 1 amide bonds. The van der Waals surface area contributed by atoms with Crippen LogP contribution in [0.15, 0.2) is 0 Å². The third kappa shape index (κ3) is 50.3. The molecular formula is C62H129N5O. The quantitative estimate of drug-likeness (QED) is 0.0615. The number of rotatable bonds is 59. The molecular weight excluding hydrogens is 831 g/mol. The molecule has 0 aromatic heterocycles. The maximum Gasteiger partial charge on any atom is 0.221 e. The number of nitrogens with zero attached hydrogens (tertiary/aromatic N) is 4. The summed E-state index contributed by atoms with van der Waals surface area (Å²) < 4.78 is 0. The van der Waals surface area contributed by atoms with Gasteiger partial charge in [-0.3, -0.25) is 9.69 Å². The molecule has 0 fully saturated rings. The molecule has 0 unspecified atom stereocenters. The fraction of sp³-hybridized carbons (Fsp3) is 0.984. The highest BCUT2D eigenvalue weighted by Crippen LogP contribution is 2.15. The first-order valence-corrected chi connectivity index (χ1v) is 31.7. The Bertz CT molecular complexity index is 860. The van der Waals surface area contributed by atoms with Crippen LogP contribution in [0.3, 0.4) is 0 Å². The van der Waals surface area contributed by atoms with Gasteiger partial charge in [0.25, 0.3) is 0 Å². The van der Waals surface area contributed by atoms with Gasteiger partial charge in [-0.15, -0.1) is 0 Å². The zero-order valence-corrected chi connectivity index (χ0v) is 48.1. The van der Waals surface area contributed by atoms with Crippen LogP contribution in [0.1, 0.15) is 311 Å². The summed E-state index contributed by atoms with van der Waals surface area (Å²) in [5.41, 5.74) is 0. The first kappa shape index (κ1) is 67.3. The van der Waals surface area contributed by atoms with E-state index < -0.39 is 0 Å². The Hall–Kier alpha value is -0.690. The first-order valence-electron chi connectivity index (χ1n) is 31.7.